The second-order valence-electron chi connectivity index (χ2n) is 6.71. The van der Waals surface area contributed by atoms with Crippen LogP contribution in [0.2, 0.25) is 0 Å². The topological polar surface area (TPSA) is 77.1 Å². The van der Waals surface area contributed by atoms with Crippen molar-refractivity contribution in [1.82, 2.24) is 5.32 Å². The number of thiocarbonyl (C=S) groups is 1. The van der Waals surface area contributed by atoms with Gasteiger partial charge in [-0.2, -0.15) is 0 Å². The summed E-state index contributed by atoms with van der Waals surface area (Å²) in [7, 11) is 2.91. The Hall–Kier alpha value is -3.39. The van der Waals surface area contributed by atoms with Crippen LogP contribution in [0.15, 0.2) is 59.8 Å². The third kappa shape index (κ3) is 4.39. The summed E-state index contributed by atoms with van der Waals surface area (Å²) in [6.07, 6.45) is 0. The first-order chi connectivity index (χ1) is 14.9. The average Bonchev–Trinajstić information content (AvgIpc) is 2.78. The van der Waals surface area contributed by atoms with Crippen molar-refractivity contribution < 1.29 is 23.8 Å². The summed E-state index contributed by atoms with van der Waals surface area (Å²) in [5.74, 6) is -0.281. The van der Waals surface area contributed by atoms with E-state index in [0.29, 0.717) is 33.3 Å². The Labute approximate surface area is 186 Å². The Bertz CT molecular complexity index is 1030. The molecular weight excluding hydrogens is 416 g/mol. The van der Waals surface area contributed by atoms with Crippen LogP contribution in [0.1, 0.15) is 35.8 Å². The van der Waals surface area contributed by atoms with Crippen molar-refractivity contribution in [1.29, 1.82) is 0 Å². The van der Waals surface area contributed by atoms with Crippen molar-refractivity contribution in [2.45, 2.75) is 19.9 Å². The smallest absolute Gasteiger partial charge is 0.338 e. The van der Waals surface area contributed by atoms with Crippen LogP contribution in [0.3, 0.4) is 0 Å². The zero-order chi connectivity index (χ0) is 22.5. The van der Waals surface area contributed by atoms with Gasteiger partial charge in [-0.3, -0.25) is 4.90 Å². The molecule has 31 heavy (non-hydrogen) atoms. The van der Waals surface area contributed by atoms with Crippen LogP contribution < -0.4 is 15.0 Å². The first-order valence-electron chi connectivity index (χ1n) is 9.72. The van der Waals surface area contributed by atoms with Gasteiger partial charge < -0.3 is 19.5 Å². The lowest BCUT2D eigenvalue weighted by atomic mass is 9.91. The highest BCUT2D eigenvalue weighted by atomic mass is 32.1. The molecule has 0 radical (unpaired) electrons. The van der Waals surface area contributed by atoms with Crippen molar-refractivity contribution in [2.24, 2.45) is 0 Å². The monoisotopic (exact) mass is 440 g/mol. The standard InChI is InChI=1S/C23H24N2O5S/c1-5-30-22(27)19-14(2)25(15-10-12-16(28-3)13-11-15)23(31)24-20(19)17-8-6-7-9-18(17)21(26)29-4/h6-13,20H,5H2,1-4H3,(H,24,31). The van der Waals surface area contributed by atoms with Crippen molar-refractivity contribution in [3.63, 3.8) is 0 Å². The summed E-state index contributed by atoms with van der Waals surface area (Å²) >= 11 is 5.65. The fraction of sp³-hybridized carbons (Fsp3) is 0.261. The number of benzene rings is 2. The van der Waals surface area contributed by atoms with Crippen LogP contribution in [-0.2, 0) is 14.3 Å². The second kappa shape index (κ2) is 9.61. The quantitative estimate of drug-likeness (QED) is 0.538. The Morgan fingerprint density at radius 1 is 1.06 bits per heavy atom. The van der Waals surface area contributed by atoms with Crippen LogP contribution >= 0.6 is 12.2 Å². The maximum atomic E-state index is 13.0. The van der Waals surface area contributed by atoms with Gasteiger partial charge in [0, 0.05) is 11.4 Å². The lowest BCUT2D eigenvalue weighted by Gasteiger charge is -2.38. The van der Waals surface area contributed by atoms with Crippen LogP contribution in [0.4, 0.5) is 5.69 Å². The molecular formula is C23H24N2O5S. The number of ether oxygens (including phenoxy) is 3. The number of allylic oxidation sites excluding steroid dienone is 1. The van der Waals surface area contributed by atoms with Crippen molar-refractivity contribution in [3.8, 4) is 5.75 Å². The average molecular weight is 441 g/mol. The van der Waals surface area contributed by atoms with E-state index >= 15 is 0 Å². The van der Waals surface area contributed by atoms with Gasteiger partial charge in [-0.05, 0) is 62.0 Å². The second-order valence-corrected chi connectivity index (χ2v) is 7.10. The lowest BCUT2D eigenvalue weighted by Crippen LogP contribution is -2.48. The SMILES string of the molecule is CCOC(=O)C1=C(C)N(c2ccc(OC)cc2)C(=S)NC1c1ccccc1C(=O)OC. The van der Waals surface area contributed by atoms with Gasteiger partial charge in [0.25, 0.3) is 0 Å². The largest absolute Gasteiger partial charge is 0.497 e. The van der Waals surface area contributed by atoms with Crippen molar-refractivity contribution in [3.05, 3.63) is 70.9 Å². The first-order valence-corrected chi connectivity index (χ1v) is 10.1. The minimum atomic E-state index is -0.670. The van der Waals surface area contributed by atoms with E-state index in [1.807, 2.05) is 24.3 Å². The lowest BCUT2D eigenvalue weighted by molar-refractivity contribution is -0.139. The number of carbonyl (C=O) groups excluding carboxylic acids is 2. The van der Waals surface area contributed by atoms with Gasteiger partial charge >= 0.3 is 11.9 Å². The summed E-state index contributed by atoms with van der Waals surface area (Å²) in [5, 5.41) is 3.60. The van der Waals surface area contributed by atoms with Gasteiger partial charge in [-0.25, -0.2) is 9.59 Å². The molecule has 1 unspecified atom stereocenters. The molecule has 0 saturated heterocycles. The number of anilines is 1. The number of nitrogens with one attached hydrogen (secondary N) is 1. The Morgan fingerprint density at radius 3 is 2.35 bits per heavy atom. The van der Waals surface area contributed by atoms with Crippen molar-refractivity contribution >= 4 is 35.0 Å². The summed E-state index contributed by atoms with van der Waals surface area (Å²) in [4.78, 5) is 27.1. The predicted octanol–water partition coefficient (Wildman–Crippen LogP) is 3.75. The maximum absolute atomic E-state index is 13.0. The highest BCUT2D eigenvalue weighted by Gasteiger charge is 2.37. The van der Waals surface area contributed by atoms with E-state index in [2.05, 4.69) is 5.32 Å². The zero-order valence-corrected chi connectivity index (χ0v) is 18.6. The zero-order valence-electron chi connectivity index (χ0n) is 17.8. The van der Waals surface area contributed by atoms with Crippen LogP contribution in [-0.4, -0.2) is 37.9 Å². The van der Waals surface area contributed by atoms with Crippen molar-refractivity contribution in [2.75, 3.05) is 25.7 Å². The molecule has 1 atom stereocenters. The van der Waals surface area contributed by atoms with E-state index in [9.17, 15) is 9.59 Å². The number of carbonyl (C=O) groups is 2. The molecule has 7 nitrogen and oxygen atoms in total. The van der Waals surface area contributed by atoms with Gasteiger partial charge in [-0.15, -0.1) is 0 Å². The van der Waals surface area contributed by atoms with E-state index in [0.717, 1.165) is 5.69 Å². The first kappa shape index (κ1) is 22.3. The van der Waals surface area contributed by atoms with E-state index in [4.69, 9.17) is 26.4 Å². The third-order valence-corrected chi connectivity index (χ3v) is 5.29. The molecule has 0 amide bonds. The molecule has 0 aliphatic carbocycles. The number of nitrogens with zero attached hydrogens (tertiary/aromatic N) is 1. The van der Waals surface area contributed by atoms with E-state index in [-0.39, 0.29) is 6.61 Å². The molecule has 1 aliphatic rings. The predicted molar refractivity (Wildman–Crippen MR) is 121 cm³/mol. The molecule has 8 heteroatoms. The molecule has 2 aromatic carbocycles. The molecule has 0 saturated carbocycles. The summed E-state index contributed by atoms with van der Waals surface area (Å²) in [5.41, 5.74) is 2.66. The maximum Gasteiger partial charge on any atom is 0.338 e. The molecule has 0 aromatic heterocycles. The number of methoxy groups -OCH3 is 2. The molecule has 2 aromatic rings. The molecule has 3 rings (SSSR count). The van der Waals surface area contributed by atoms with Gasteiger partial charge in [-0.1, -0.05) is 18.2 Å². The molecule has 0 spiro atoms. The summed E-state index contributed by atoms with van der Waals surface area (Å²) < 4.78 is 15.5. The minimum absolute atomic E-state index is 0.216. The third-order valence-electron chi connectivity index (χ3n) is 4.99. The normalized spacial score (nSPS) is 15.9. The number of esters is 2. The van der Waals surface area contributed by atoms with E-state index in [1.165, 1.54) is 7.11 Å². The molecule has 1 aliphatic heterocycles. The molecule has 1 heterocycles. The van der Waals surface area contributed by atoms with Gasteiger partial charge in [0.2, 0.25) is 0 Å². The van der Waals surface area contributed by atoms with E-state index < -0.39 is 18.0 Å². The number of hydrogen-bond donors (Lipinski definition) is 1. The van der Waals surface area contributed by atoms with Gasteiger partial charge in [0.15, 0.2) is 5.11 Å². The number of rotatable bonds is 6. The Balaban J connectivity index is 2.16. The molecule has 0 bridgehead atoms. The summed E-state index contributed by atoms with van der Waals surface area (Å²) in [6.45, 7) is 3.76. The highest BCUT2D eigenvalue weighted by molar-refractivity contribution is 7.80. The Morgan fingerprint density at radius 2 is 1.74 bits per heavy atom. The highest BCUT2D eigenvalue weighted by Crippen LogP contribution is 2.36. The van der Waals surface area contributed by atoms with Gasteiger partial charge in [0.05, 0.1) is 38.0 Å². The minimum Gasteiger partial charge on any atom is -0.497 e. The summed E-state index contributed by atoms with van der Waals surface area (Å²) in [6, 6.07) is 13.6. The Kier molecular flexibility index (Phi) is 6.91. The van der Waals surface area contributed by atoms with Gasteiger partial charge in [0.1, 0.15) is 5.75 Å². The van der Waals surface area contributed by atoms with Crippen LogP contribution in [0.25, 0.3) is 0 Å². The van der Waals surface area contributed by atoms with Crippen LogP contribution in [0.5, 0.6) is 5.75 Å². The fourth-order valence-corrected chi connectivity index (χ4v) is 3.90. The van der Waals surface area contributed by atoms with E-state index in [1.54, 1.807) is 50.1 Å². The molecule has 0 fully saturated rings. The molecule has 1 N–H and O–H groups in total. The van der Waals surface area contributed by atoms with Crippen LogP contribution in [0, 0.1) is 0 Å². The number of hydrogen-bond acceptors (Lipinski definition) is 6. The molecule has 162 valence electrons. The fourth-order valence-electron chi connectivity index (χ4n) is 3.54.